The van der Waals surface area contributed by atoms with Gasteiger partial charge in [-0.3, -0.25) is 0 Å². The topological polar surface area (TPSA) is 25.8 Å². The molecule has 15 heavy (non-hydrogen) atoms. The number of hydrogen-bond donors (Lipinski definition) is 0. The van der Waals surface area contributed by atoms with Gasteiger partial charge < -0.3 is 0 Å². The van der Waals surface area contributed by atoms with Crippen molar-refractivity contribution in [2.75, 3.05) is 0 Å². The van der Waals surface area contributed by atoms with E-state index in [9.17, 15) is 0 Å². The number of nitrogens with zero attached hydrogens (tertiary/aromatic N) is 2. The summed E-state index contributed by atoms with van der Waals surface area (Å²) < 4.78 is 0.899. The van der Waals surface area contributed by atoms with Crippen LogP contribution in [0.4, 0.5) is 0 Å². The van der Waals surface area contributed by atoms with E-state index in [1.54, 1.807) is 12.4 Å². The Balaban J connectivity index is 2.33. The molecule has 0 saturated carbocycles. The Kier molecular flexibility index (Phi) is 3.11. The molecular weight excluding hydrogens is 252 g/mol. The first kappa shape index (κ1) is 10.3. The number of halogens is 1. The molecule has 0 aliphatic heterocycles. The maximum atomic E-state index is 4.25. The molecule has 2 rings (SSSR count). The fourth-order valence-electron chi connectivity index (χ4n) is 1.35. The van der Waals surface area contributed by atoms with E-state index in [-0.39, 0.29) is 0 Å². The lowest BCUT2D eigenvalue weighted by Gasteiger charge is -2.01. The first-order valence-electron chi connectivity index (χ1n) is 4.86. The Morgan fingerprint density at radius 1 is 1.07 bits per heavy atom. The maximum absolute atomic E-state index is 4.25. The van der Waals surface area contributed by atoms with Crippen LogP contribution in [0.5, 0.6) is 0 Å². The summed E-state index contributed by atoms with van der Waals surface area (Å²) in [5.74, 6) is 0.765. The second-order valence-electron chi connectivity index (χ2n) is 3.28. The summed E-state index contributed by atoms with van der Waals surface area (Å²) in [6.45, 7) is 2.14. The minimum atomic E-state index is 0.765. The molecule has 76 valence electrons. The molecule has 0 fully saturated rings. The van der Waals surface area contributed by atoms with Gasteiger partial charge in [-0.2, -0.15) is 0 Å². The van der Waals surface area contributed by atoms with Crippen molar-refractivity contribution in [2.24, 2.45) is 0 Å². The van der Waals surface area contributed by atoms with E-state index in [1.165, 1.54) is 5.56 Å². The van der Waals surface area contributed by atoms with Crippen LogP contribution >= 0.6 is 15.9 Å². The molecule has 0 radical (unpaired) electrons. The van der Waals surface area contributed by atoms with E-state index in [4.69, 9.17) is 0 Å². The summed E-state index contributed by atoms with van der Waals surface area (Å²) in [6.07, 6.45) is 4.58. The van der Waals surface area contributed by atoms with Gasteiger partial charge in [0.2, 0.25) is 0 Å². The number of rotatable bonds is 2. The lowest BCUT2D eigenvalue weighted by Crippen LogP contribution is -1.88. The molecule has 0 aliphatic carbocycles. The highest BCUT2D eigenvalue weighted by atomic mass is 79.9. The fraction of sp³-hybridized carbons (Fsp3) is 0.167. The zero-order valence-electron chi connectivity index (χ0n) is 8.44. The van der Waals surface area contributed by atoms with Crippen LogP contribution in [0.25, 0.3) is 11.4 Å². The minimum Gasteiger partial charge on any atom is -0.235 e. The Morgan fingerprint density at radius 2 is 1.67 bits per heavy atom. The van der Waals surface area contributed by atoms with Gasteiger partial charge in [0, 0.05) is 18.0 Å². The van der Waals surface area contributed by atoms with Crippen molar-refractivity contribution in [2.45, 2.75) is 13.3 Å². The van der Waals surface area contributed by atoms with Crippen LogP contribution < -0.4 is 0 Å². The quantitative estimate of drug-likeness (QED) is 0.829. The van der Waals surface area contributed by atoms with Crippen LogP contribution in [0.15, 0.2) is 41.1 Å². The molecule has 2 nitrogen and oxygen atoms in total. The van der Waals surface area contributed by atoms with Crippen molar-refractivity contribution >= 4 is 15.9 Å². The molecule has 0 saturated heterocycles. The van der Waals surface area contributed by atoms with Gasteiger partial charge in [-0.1, -0.05) is 31.2 Å². The van der Waals surface area contributed by atoms with Gasteiger partial charge in [0.1, 0.15) is 0 Å². The SMILES string of the molecule is CCc1ccc(-c2ncc(Br)cn2)cc1. The lowest BCUT2D eigenvalue weighted by atomic mass is 10.1. The number of hydrogen-bond acceptors (Lipinski definition) is 2. The molecule has 0 atom stereocenters. The van der Waals surface area contributed by atoms with Gasteiger partial charge >= 0.3 is 0 Å². The van der Waals surface area contributed by atoms with Crippen molar-refractivity contribution in [3.8, 4) is 11.4 Å². The Morgan fingerprint density at radius 3 is 2.20 bits per heavy atom. The number of benzene rings is 1. The summed E-state index contributed by atoms with van der Waals surface area (Å²) in [6, 6.07) is 8.34. The molecule has 1 heterocycles. The van der Waals surface area contributed by atoms with Crippen LogP contribution in [-0.2, 0) is 6.42 Å². The van der Waals surface area contributed by atoms with Gasteiger partial charge in [-0.25, -0.2) is 9.97 Å². The monoisotopic (exact) mass is 262 g/mol. The Hall–Kier alpha value is -1.22. The molecule has 0 bridgehead atoms. The Bertz CT molecular complexity index is 434. The molecule has 0 aliphatic rings. The largest absolute Gasteiger partial charge is 0.235 e. The zero-order chi connectivity index (χ0) is 10.7. The van der Waals surface area contributed by atoms with E-state index in [0.29, 0.717) is 0 Å². The van der Waals surface area contributed by atoms with Crippen LogP contribution in [-0.4, -0.2) is 9.97 Å². The number of aryl methyl sites for hydroxylation is 1. The predicted octanol–water partition coefficient (Wildman–Crippen LogP) is 3.47. The minimum absolute atomic E-state index is 0.765. The highest BCUT2D eigenvalue weighted by molar-refractivity contribution is 9.10. The van der Waals surface area contributed by atoms with E-state index in [1.807, 2.05) is 0 Å². The third kappa shape index (κ3) is 2.42. The molecule has 0 unspecified atom stereocenters. The van der Waals surface area contributed by atoms with Crippen LogP contribution in [0.2, 0.25) is 0 Å². The second kappa shape index (κ2) is 4.53. The smallest absolute Gasteiger partial charge is 0.159 e. The molecular formula is C12H11BrN2. The molecule has 2 aromatic rings. The highest BCUT2D eigenvalue weighted by Gasteiger charge is 2.00. The van der Waals surface area contributed by atoms with Crippen LogP contribution in [0.1, 0.15) is 12.5 Å². The van der Waals surface area contributed by atoms with Gasteiger partial charge in [0.05, 0.1) is 4.47 Å². The predicted molar refractivity (Wildman–Crippen MR) is 64.5 cm³/mol. The normalized spacial score (nSPS) is 10.3. The summed E-state index contributed by atoms with van der Waals surface area (Å²) >= 11 is 3.32. The Labute approximate surface area is 97.5 Å². The first-order chi connectivity index (χ1) is 7.29. The van der Waals surface area contributed by atoms with E-state index >= 15 is 0 Å². The van der Waals surface area contributed by atoms with Gasteiger partial charge in [-0.05, 0) is 27.9 Å². The average Bonchev–Trinajstić information content (AvgIpc) is 2.30. The summed E-state index contributed by atoms with van der Waals surface area (Å²) in [5.41, 5.74) is 2.38. The summed E-state index contributed by atoms with van der Waals surface area (Å²) in [7, 11) is 0. The second-order valence-corrected chi connectivity index (χ2v) is 4.19. The molecule has 0 N–H and O–H groups in total. The molecule has 0 spiro atoms. The van der Waals surface area contributed by atoms with Crippen LogP contribution in [0.3, 0.4) is 0 Å². The number of aromatic nitrogens is 2. The highest BCUT2D eigenvalue weighted by Crippen LogP contribution is 2.16. The summed E-state index contributed by atoms with van der Waals surface area (Å²) in [5, 5.41) is 0. The molecule has 1 aromatic heterocycles. The van der Waals surface area contributed by atoms with Crippen molar-refractivity contribution < 1.29 is 0 Å². The molecule has 0 amide bonds. The average molecular weight is 263 g/mol. The van der Waals surface area contributed by atoms with Crippen LogP contribution in [0, 0.1) is 0 Å². The van der Waals surface area contributed by atoms with Crippen molar-refractivity contribution in [3.63, 3.8) is 0 Å². The standard InChI is InChI=1S/C12H11BrN2/c1-2-9-3-5-10(6-4-9)12-14-7-11(13)8-15-12/h3-8H,2H2,1H3. The van der Waals surface area contributed by atoms with Gasteiger partial charge in [0.15, 0.2) is 5.82 Å². The third-order valence-electron chi connectivity index (χ3n) is 2.24. The maximum Gasteiger partial charge on any atom is 0.159 e. The molecule has 1 aromatic carbocycles. The van der Waals surface area contributed by atoms with E-state index in [2.05, 4.69) is 57.1 Å². The van der Waals surface area contributed by atoms with E-state index in [0.717, 1.165) is 22.3 Å². The first-order valence-corrected chi connectivity index (χ1v) is 5.65. The third-order valence-corrected chi connectivity index (χ3v) is 2.65. The zero-order valence-corrected chi connectivity index (χ0v) is 10.0. The molecule has 3 heteroatoms. The van der Waals surface area contributed by atoms with Crippen molar-refractivity contribution in [1.82, 2.24) is 9.97 Å². The fourth-order valence-corrected chi connectivity index (χ4v) is 1.56. The lowest BCUT2D eigenvalue weighted by molar-refractivity contribution is 1.13. The summed E-state index contributed by atoms with van der Waals surface area (Å²) in [4.78, 5) is 8.49. The van der Waals surface area contributed by atoms with Gasteiger partial charge in [0.25, 0.3) is 0 Å². The van der Waals surface area contributed by atoms with Crippen molar-refractivity contribution in [1.29, 1.82) is 0 Å². The van der Waals surface area contributed by atoms with E-state index < -0.39 is 0 Å². The van der Waals surface area contributed by atoms with Crippen molar-refractivity contribution in [3.05, 3.63) is 46.7 Å². The van der Waals surface area contributed by atoms with Gasteiger partial charge in [-0.15, -0.1) is 0 Å².